The number of methoxy groups -OCH3 is 1. The minimum atomic E-state index is -0.603. The Balaban J connectivity index is 2.33. The summed E-state index contributed by atoms with van der Waals surface area (Å²) in [6.07, 6.45) is 1.92. The van der Waals surface area contributed by atoms with E-state index in [0.717, 1.165) is 18.9 Å². The highest BCUT2D eigenvalue weighted by Gasteiger charge is 2.35. The molecule has 4 nitrogen and oxygen atoms in total. The molecule has 1 aliphatic heterocycles. The fraction of sp³-hybridized carbons (Fsp3) is 0.429. The van der Waals surface area contributed by atoms with Gasteiger partial charge in [-0.15, -0.1) is 0 Å². The number of nitrogens with zero attached hydrogens (tertiary/aromatic N) is 2. The van der Waals surface area contributed by atoms with Crippen LogP contribution in [0.5, 0.6) is 5.75 Å². The molecule has 0 aliphatic carbocycles. The topological polar surface area (TPSA) is 32.8 Å². The first-order valence-electron chi connectivity index (χ1n) is 6.64. The van der Waals surface area contributed by atoms with Crippen LogP contribution in [0.4, 0.5) is 10.1 Å². The first-order valence-corrected chi connectivity index (χ1v) is 7.43. The number of carbonyl (C=O) groups excluding carboxylic acids is 1. The van der Waals surface area contributed by atoms with E-state index in [9.17, 15) is 9.18 Å². The molecular weight excluding hydrogens is 315 g/mol. The number of hydrogen-bond donors (Lipinski definition) is 0. The number of hydrogen-bond acceptors (Lipinski definition) is 3. The quantitative estimate of drug-likeness (QED) is 0.776. The van der Waals surface area contributed by atoms with Gasteiger partial charge in [-0.25, -0.2) is 4.39 Å². The Morgan fingerprint density at radius 2 is 2.19 bits per heavy atom. The third-order valence-corrected chi connectivity index (χ3v) is 4.02. The summed E-state index contributed by atoms with van der Waals surface area (Å²) in [6, 6.07) is 2.52. The summed E-state index contributed by atoms with van der Waals surface area (Å²) in [7, 11) is 1.43. The van der Waals surface area contributed by atoms with E-state index >= 15 is 0 Å². The summed E-state index contributed by atoms with van der Waals surface area (Å²) >= 11 is 11.2. The van der Waals surface area contributed by atoms with Crippen molar-refractivity contribution in [1.29, 1.82) is 0 Å². The van der Waals surface area contributed by atoms with Crippen molar-refractivity contribution in [3.63, 3.8) is 0 Å². The Morgan fingerprint density at radius 1 is 1.48 bits per heavy atom. The van der Waals surface area contributed by atoms with Crippen molar-refractivity contribution < 1.29 is 13.9 Å². The van der Waals surface area contributed by atoms with Crippen LogP contribution in [0.2, 0.25) is 5.02 Å². The van der Waals surface area contributed by atoms with E-state index in [2.05, 4.69) is 6.92 Å². The molecule has 0 atom stereocenters. The lowest BCUT2D eigenvalue weighted by molar-refractivity contribution is -0.116. The number of anilines is 1. The Labute approximate surface area is 133 Å². The van der Waals surface area contributed by atoms with Gasteiger partial charge in [0.2, 0.25) is 0 Å². The summed E-state index contributed by atoms with van der Waals surface area (Å²) in [5.41, 5.74) is 0.0743. The predicted octanol–water partition coefficient (Wildman–Crippen LogP) is 3.22. The summed E-state index contributed by atoms with van der Waals surface area (Å²) in [4.78, 5) is 15.1. The van der Waals surface area contributed by atoms with E-state index < -0.39 is 5.82 Å². The number of ether oxygens (including phenoxy) is 1. The lowest BCUT2D eigenvalue weighted by Gasteiger charge is -2.21. The third-order valence-electron chi connectivity index (χ3n) is 3.28. The average Bonchev–Trinajstić information content (AvgIpc) is 2.72. The average molecular weight is 331 g/mol. The lowest BCUT2D eigenvalue weighted by Crippen LogP contribution is -2.33. The summed E-state index contributed by atoms with van der Waals surface area (Å²) in [5, 5.41) is 0.468. The molecule has 1 aromatic rings. The van der Waals surface area contributed by atoms with Crippen LogP contribution in [0.25, 0.3) is 0 Å². The molecule has 114 valence electrons. The molecule has 1 amide bonds. The number of thiocarbonyl (C=S) groups is 1. The van der Waals surface area contributed by atoms with Crippen molar-refractivity contribution >= 4 is 40.5 Å². The monoisotopic (exact) mass is 330 g/mol. The van der Waals surface area contributed by atoms with E-state index in [1.807, 2.05) is 0 Å². The van der Waals surface area contributed by atoms with Crippen LogP contribution in [0.1, 0.15) is 19.8 Å². The van der Waals surface area contributed by atoms with Gasteiger partial charge in [0.25, 0.3) is 5.91 Å². The molecule has 0 radical (unpaired) electrons. The molecule has 2 rings (SSSR count). The number of carbonyl (C=O) groups is 1. The number of amides is 1. The zero-order valence-electron chi connectivity index (χ0n) is 11.9. The number of rotatable bonds is 5. The van der Waals surface area contributed by atoms with Crippen molar-refractivity contribution in [3.8, 4) is 5.75 Å². The van der Waals surface area contributed by atoms with Crippen molar-refractivity contribution in [2.75, 3.05) is 25.1 Å². The van der Waals surface area contributed by atoms with Gasteiger partial charge in [0, 0.05) is 12.6 Å². The zero-order valence-corrected chi connectivity index (χ0v) is 13.4. The second-order valence-corrected chi connectivity index (χ2v) is 5.50. The standard InChI is InChI=1S/C14H16ClFN2O2S/c1-3-4-5-17-8-13(19)18(14(17)21)11-7-12(20-2)9(15)6-10(11)16/h6-7H,3-5,8H2,1-2H3. The van der Waals surface area contributed by atoms with Crippen molar-refractivity contribution in [3.05, 3.63) is 23.0 Å². The Kier molecular flexibility index (Phi) is 5.00. The minimum absolute atomic E-state index is 0.0743. The van der Waals surface area contributed by atoms with Gasteiger partial charge >= 0.3 is 0 Å². The Bertz CT molecular complexity index is 582. The first-order chi connectivity index (χ1) is 9.99. The Hall–Kier alpha value is -1.40. The van der Waals surface area contributed by atoms with E-state index in [1.165, 1.54) is 18.1 Å². The number of benzene rings is 1. The summed E-state index contributed by atoms with van der Waals surface area (Å²) in [6.45, 7) is 2.91. The molecular formula is C14H16ClFN2O2S. The molecule has 7 heteroatoms. The van der Waals surface area contributed by atoms with Gasteiger partial charge in [-0.2, -0.15) is 0 Å². The molecule has 0 N–H and O–H groups in total. The molecule has 1 aromatic carbocycles. The van der Waals surface area contributed by atoms with Crippen LogP contribution in [0, 0.1) is 5.82 Å². The maximum Gasteiger partial charge on any atom is 0.253 e. The smallest absolute Gasteiger partial charge is 0.253 e. The highest BCUT2D eigenvalue weighted by molar-refractivity contribution is 7.80. The summed E-state index contributed by atoms with van der Waals surface area (Å²) in [5.74, 6) is -0.552. The van der Waals surface area contributed by atoms with Crippen molar-refractivity contribution in [2.24, 2.45) is 0 Å². The summed E-state index contributed by atoms with van der Waals surface area (Å²) < 4.78 is 19.2. The van der Waals surface area contributed by atoms with Gasteiger partial charge in [-0.05, 0) is 24.7 Å². The first kappa shape index (κ1) is 16.0. The van der Waals surface area contributed by atoms with Crippen LogP contribution in [0.15, 0.2) is 12.1 Å². The van der Waals surface area contributed by atoms with Crippen LogP contribution < -0.4 is 9.64 Å². The van der Waals surface area contributed by atoms with Crippen LogP contribution >= 0.6 is 23.8 Å². The van der Waals surface area contributed by atoms with Gasteiger partial charge in [0.05, 0.1) is 24.4 Å². The van der Waals surface area contributed by atoms with Crippen LogP contribution in [-0.4, -0.2) is 36.1 Å². The zero-order chi connectivity index (χ0) is 15.6. The van der Waals surface area contributed by atoms with Gasteiger partial charge in [0.1, 0.15) is 11.6 Å². The van der Waals surface area contributed by atoms with Crippen molar-refractivity contribution in [1.82, 2.24) is 4.90 Å². The van der Waals surface area contributed by atoms with Gasteiger partial charge in [0.15, 0.2) is 5.11 Å². The fourth-order valence-corrected chi connectivity index (χ4v) is 2.74. The minimum Gasteiger partial charge on any atom is -0.495 e. The van der Waals surface area contributed by atoms with Crippen molar-refractivity contribution in [2.45, 2.75) is 19.8 Å². The Morgan fingerprint density at radius 3 is 2.81 bits per heavy atom. The highest BCUT2D eigenvalue weighted by atomic mass is 35.5. The van der Waals surface area contributed by atoms with E-state index in [4.69, 9.17) is 28.6 Å². The van der Waals surface area contributed by atoms with E-state index in [0.29, 0.717) is 17.4 Å². The molecule has 0 unspecified atom stereocenters. The van der Waals surface area contributed by atoms with Gasteiger partial charge < -0.3 is 9.64 Å². The molecule has 1 heterocycles. The molecule has 1 aliphatic rings. The SMILES string of the molecule is CCCCN1CC(=O)N(c2cc(OC)c(Cl)cc2F)C1=S. The highest BCUT2D eigenvalue weighted by Crippen LogP contribution is 2.34. The number of halogens is 2. The maximum atomic E-state index is 14.1. The fourth-order valence-electron chi connectivity index (χ4n) is 2.16. The lowest BCUT2D eigenvalue weighted by atomic mass is 10.2. The molecule has 1 fully saturated rings. The van der Waals surface area contributed by atoms with Crippen LogP contribution in [-0.2, 0) is 4.79 Å². The third kappa shape index (κ3) is 3.11. The molecule has 0 saturated carbocycles. The molecule has 0 aromatic heterocycles. The van der Waals surface area contributed by atoms with Crippen LogP contribution in [0.3, 0.4) is 0 Å². The molecule has 0 bridgehead atoms. The van der Waals surface area contributed by atoms with Gasteiger partial charge in [-0.1, -0.05) is 24.9 Å². The second-order valence-electron chi connectivity index (χ2n) is 4.72. The predicted molar refractivity (Wildman–Crippen MR) is 84.5 cm³/mol. The molecule has 21 heavy (non-hydrogen) atoms. The maximum absolute atomic E-state index is 14.1. The largest absolute Gasteiger partial charge is 0.495 e. The second kappa shape index (κ2) is 6.58. The molecule has 1 saturated heterocycles. The normalized spacial score (nSPS) is 15.0. The number of unbranched alkanes of at least 4 members (excludes halogenated alkanes) is 1. The van der Waals surface area contributed by atoms with Gasteiger partial charge in [-0.3, -0.25) is 9.69 Å². The molecule has 0 spiro atoms. The van der Waals surface area contributed by atoms with E-state index in [1.54, 1.807) is 4.90 Å². The van der Waals surface area contributed by atoms with E-state index in [-0.39, 0.29) is 23.2 Å².